The highest BCUT2D eigenvalue weighted by molar-refractivity contribution is 5.93. The maximum Gasteiger partial charge on any atom is 0.257 e. The Morgan fingerprint density at radius 2 is 1.86 bits per heavy atom. The van der Waals surface area contributed by atoms with Gasteiger partial charge in [-0.25, -0.2) is 15.0 Å². The minimum absolute atomic E-state index is 0.0198. The topological polar surface area (TPSA) is 76.8 Å². The van der Waals surface area contributed by atoms with Crippen LogP contribution in [-0.4, -0.2) is 48.4 Å². The fourth-order valence-electron chi connectivity index (χ4n) is 3.72. The van der Waals surface area contributed by atoms with Crippen molar-refractivity contribution < 1.29 is 4.79 Å². The molecule has 0 N–H and O–H groups in total. The highest BCUT2D eigenvalue weighted by atomic mass is 16.2. The summed E-state index contributed by atoms with van der Waals surface area (Å²) in [7, 11) is 0. The van der Waals surface area contributed by atoms with Crippen molar-refractivity contribution in [3.05, 3.63) is 60.7 Å². The van der Waals surface area contributed by atoms with Gasteiger partial charge in [0, 0.05) is 67.8 Å². The monoisotopic (exact) mass is 376 g/mol. The summed E-state index contributed by atoms with van der Waals surface area (Å²) in [4.78, 5) is 32.2. The third-order valence-corrected chi connectivity index (χ3v) is 5.17. The van der Waals surface area contributed by atoms with E-state index in [4.69, 9.17) is 0 Å². The molecule has 4 heterocycles. The zero-order valence-corrected chi connectivity index (χ0v) is 16.2. The lowest BCUT2D eigenvalue weighted by Crippen LogP contribution is -2.40. The van der Waals surface area contributed by atoms with Crippen molar-refractivity contribution in [3.8, 4) is 11.4 Å². The van der Waals surface area contributed by atoms with Gasteiger partial charge >= 0.3 is 0 Å². The summed E-state index contributed by atoms with van der Waals surface area (Å²) in [5.41, 5.74) is 1.40. The number of hydrogen-bond donors (Lipinski definition) is 0. The number of nitrogens with zero attached hydrogens (tertiary/aromatic N) is 6. The Kier molecular flexibility index (Phi) is 5.14. The molecule has 0 aliphatic carbocycles. The van der Waals surface area contributed by atoms with E-state index in [-0.39, 0.29) is 11.8 Å². The molecule has 0 unspecified atom stereocenters. The Labute approximate surface area is 164 Å². The first-order chi connectivity index (χ1) is 13.6. The number of carbonyl (C=O) groups excluding carboxylic acids is 1. The fourth-order valence-corrected chi connectivity index (χ4v) is 3.72. The van der Waals surface area contributed by atoms with Crippen molar-refractivity contribution in [2.45, 2.75) is 38.6 Å². The van der Waals surface area contributed by atoms with Gasteiger partial charge in [-0.05, 0) is 38.8 Å². The third-order valence-electron chi connectivity index (χ3n) is 5.17. The Bertz CT molecular complexity index is 935. The number of likely N-dealkylation sites (tertiary alicyclic amines) is 1. The largest absolute Gasteiger partial charge is 0.338 e. The van der Waals surface area contributed by atoms with Gasteiger partial charge in [0.05, 0.1) is 5.56 Å². The molecule has 0 radical (unpaired) electrons. The molecule has 7 heteroatoms. The molecule has 0 spiro atoms. The summed E-state index contributed by atoms with van der Waals surface area (Å²) in [5.74, 6) is 1.90. The molecule has 1 aliphatic rings. The van der Waals surface area contributed by atoms with E-state index in [2.05, 4.69) is 38.4 Å². The Morgan fingerprint density at radius 1 is 1.11 bits per heavy atom. The van der Waals surface area contributed by atoms with E-state index in [1.54, 1.807) is 24.8 Å². The molecule has 0 saturated carbocycles. The minimum Gasteiger partial charge on any atom is -0.338 e. The molecule has 7 nitrogen and oxygen atoms in total. The second kappa shape index (κ2) is 7.88. The quantitative estimate of drug-likeness (QED) is 0.698. The van der Waals surface area contributed by atoms with Gasteiger partial charge in [-0.2, -0.15) is 0 Å². The van der Waals surface area contributed by atoms with E-state index in [1.807, 2.05) is 29.4 Å². The van der Waals surface area contributed by atoms with E-state index < -0.39 is 0 Å². The molecule has 144 valence electrons. The number of aromatic nitrogens is 5. The van der Waals surface area contributed by atoms with Gasteiger partial charge in [-0.3, -0.25) is 9.78 Å². The molecular weight excluding hydrogens is 352 g/mol. The zero-order chi connectivity index (χ0) is 19.5. The number of hydrogen-bond acceptors (Lipinski definition) is 5. The van der Waals surface area contributed by atoms with E-state index in [0.29, 0.717) is 24.0 Å². The van der Waals surface area contributed by atoms with Crippen LogP contribution < -0.4 is 0 Å². The van der Waals surface area contributed by atoms with Gasteiger partial charge in [-0.15, -0.1) is 0 Å². The molecule has 1 atom stereocenters. The molecule has 0 aromatic carbocycles. The van der Waals surface area contributed by atoms with Crippen LogP contribution in [-0.2, 0) is 0 Å². The molecule has 1 saturated heterocycles. The van der Waals surface area contributed by atoms with E-state index in [0.717, 1.165) is 30.8 Å². The number of carbonyl (C=O) groups is 1. The Morgan fingerprint density at radius 3 is 2.57 bits per heavy atom. The van der Waals surface area contributed by atoms with Crippen LogP contribution in [0.25, 0.3) is 11.4 Å². The SMILES string of the molecule is CC(C)n1ccnc1[C@H]1CCCN(C(=O)c2cnc(-c3ccncc3)nc2)C1. The number of amides is 1. The average Bonchev–Trinajstić information content (AvgIpc) is 3.24. The van der Waals surface area contributed by atoms with Crippen LogP contribution in [0, 0.1) is 0 Å². The number of rotatable bonds is 4. The highest BCUT2D eigenvalue weighted by Gasteiger charge is 2.28. The molecule has 3 aromatic rings. The molecule has 1 aliphatic heterocycles. The normalized spacial score (nSPS) is 17.1. The molecule has 1 fully saturated rings. The van der Waals surface area contributed by atoms with E-state index in [9.17, 15) is 4.79 Å². The van der Waals surface area contributed by atoms with Gasteiger partial charge < -0.3 is 9.47 Å². The maximum atomic E-state index is 13.0. The maximum absolute atomic E-state index is 13.0. The second-order valence-corrected chi connectivity index (χ2v) is 7.41. The summed E-state index contributed by atoms with van der Waals surface area (Å²) in [6, 6.07) is 4.06. The summed E-state index contributed by atoms with van der Waals surface area (Å²) < 4.78 is 2.20. The predicted molar refractivity (Wildman–Crippen MR) is 106 cm³/mol. The molecule has 28 heavy (non-hydrogen) atoms. The first kappa shape index (κ1) is 18.3. The highest BCUT2D eigenvalue weighted by Crippen LogP contribution is 2.28. The third kappa shape index (κ3) is 3.65. The van der Waals surface area contributed by atoms with Crippen LogP contribution in [0.4, 0.5) is 0 Å². The van der Waals surface area contributed by atoms with Crippen LogP contribution in [0.15, 0.2) is 49.3 Å². The van der Waals surface area contributed by atoms with Crippen molar-refractivity contribution in [1.82, 2.24) is 29.4 Å². The lowest BCUT2D eigenvalue weighted by molar-refractivity contribution is 0.0702. The molecule has 3 aromatic heterocycles. The smallest absolute Gasteiger partial charge is 0.257 e. The van der Waals surface area contributed by atoms with Crippen molar-refractivity contribution in [1.29, 1.82) is 0 Å². The molecule has 1 amide bonds. The van der Waals surface area contributed by atoms with E-state index in [1.165, 1.54) is 0 Å². The first-order valence-corrected chi connectivity index (χ1v) is 9.68. The summed E-state index contributed by atoms with van der Waals surface area (Å²) in [5, 5.41) is 0. The van der Waals surface area contributed by atoms with Crippen LogP contribution in [0.5, 0.6) is 0 Å². The summed E-state index contributed by atoms with van der Waals surface area (Å²) >= 11 is 0. The predicted octanol–water partition coefficient (Wildman–Crippen LogP) is 3.34. The number of imidazole rings is 1. The van der Waals surface area contributed by atoms with E-state index >= 15 is 0 Å². The van der Waals surface area contributed by atoms with Crippen LogP contribution in [0.1, 0.15) is 54.8 Å². The van der Waals surface area contributed by atoms with Crippen LogP contribution in [0.3, 0.4) is 0 Å². The summed E-state index contributed by atoms with van der Waals surface area (Å²) in [6.07, 6.45) is 12.5. The summed E-state index contributed by atoms with van der Waals surface area (Å²) in [6.45, 7) is 5.73. The van der Waals surface area contributed by atoms with Crippen LogP contribution in [0.2, 0.25) is 0 Å². The van der Waals surface area contributed by atoms with Crippen molar-refractivity contribution >= 4 is 5.91 Å². The Hall–Kier alpha value is -3.09. The zero-order valence-electron chi connectivity index (χ0n) is 16.2. The van der Waals surface area contributed by atoms with Crippen molar-refractivity contribution in [2.75, 3.05) is 13.1 Å². The van der Waals surface area contributed by atoms with Gasteiger partial charge in [0.15, 0.2) is 5.82 Å². The average molecular weight is 376 g/mol. The van der Waals surface area contributed by atoms with Gasteiger partial charge in [0.1, 0.15) is 5.82 Å². The second-order valence-electron chi connectivity index (χ2n) is 7.41. The van der Waals surface area contributed by atoms with Gasteiger partial charge in [0.2, 0.25) is 0 Å². The number of pyridine rings is 1. The standard InChI is InChI=1S/C21H24N6O/c1-15(2)27-11-9-23-20(27)17-4-3-10-26(14-17)21(28)18-12-24-19(25-13-18)16-5-7-22-8-6-16/h5-9,11-13,15,17H,3-4,10,14H2,1-2H3/t17-/m0/s1. The molecule has 4 rings (SSSR count). The van der Waals surface area contributed by atoms with Crippen molar-refractivity contribution in [2.24, 2.45) is 0 Å². The number of piperidine rings is 1. The van der Waals surface area contributed by atoms with Crippen LogP contribution >= 0.6 is 0 Å². The minimum atomic E-state index is -0.0198. The van der Waals surface area contributed by atoms with Gasteiger partial charge in [0.25, 0.3) is 5.91 Å². The van der Waals surface area contributed by atoms with Crippen molar-refractivity contribution in [3.63, 3.8) is 0 Å². The lowest BCUT2D eigenvalue weighted by Gasteiger charge is -2.33. The lowest BCUT2D eigenvalue weighted by atomic mass is 9.96. The molecule has 0 bridgehead atoms. The first-order valence-electron chi connectivity index (χ1n) is 9.68. The van der Waals surface area contributed by atoms with Gasteiger partial charge in [-0.1, -0.05) is 0 Å². The Balaban J connectivity index is 1.49. The fraction of sp³-hybridized carbons (Fsp3) is 0.381. The molecular formula is C21H24N6O.